The van der Waals surface area contributed by atoms with Gasteiger partial charge < -0.3 is 4.74 Å². The van der Waals surface area contributed by atoms with Crippen LogP contribution in [0.4, 0.5) is 0 Å². The van der Waals surface area contributed by atoms with Crippen LogP contribution < -0.4 is 0 Å². The van der Waals surface area contributed by atoms with Gasteiger partial charge in [0, 0.05) is 6.61 Å². The van der Waals surface area contributed by atoms with E-state index in [0.29, 0.717) is 0 Å². The molecule has 0 aliphatic heterocycles. The molecule has 0 aromatic carbocycles. The third-order valence-corrected chi connectivity index (χ3v) is 2.28. The second kappa shape index (κ2) is 5.35. The molecule has 1 heteroatoms. The highest BCUT2D eigenvalue weighted by molar-refractivity contribution is 5.22. The number of hydrogen-bond acceptors (Lipinski definition) is 1. The lowest BCUT2D eigenvalue weighted by molar-refractivity contribution is -0.00452. The van der Waals surface area contributed by atoms with E-state index >= 15 is 0 Å². The van der Waals surface area contributed by atoms with Crippen LogP contribution in [-0.2, 0) is 4.74 Å². The van der Waals surface area contributed by atoms with E-state index in [9.17, 15) is 0 Å². The Morgan fingerprint density at radius 1 is 1.29 bits per heavy atom. The molecule has 0 atom stereocenters. The fourth-order valence-electron chi connectivity index (χ4n) is 1.51. The summed E-state index contributed by atoms with van der Waals surface area (Å²) < 4.78 is 5.66. The van der Waals surface area contributed by atoms with Crippen LogP contribution in [0, 0.1) is 0 Å². The normalized spacial score (nSPS) is 16.1. The van der Waals surface area contributed by atoms with Gasteiger partial charge in [-0.1, -0.05) is 23.8 Å². The molecule has 1 aliphatic rings. The summed E-state index contributed by atoms with van der Waals surface area (Å²) in [6.07, 6.45) is 11.4. The molecule has 0 unspecified atom stereocenters. The summed E-state index contributed by atoms with van der Waals surface area (Å²) in [7, 11) is 0. The van der Waals surface area contributed by atoms with Gasteiger partial charge in [-0.05, 0) is 46.5 Å². The van der Waals surface area contributed by atoms with Gasteiger partial charge in [0.25, 0.3) is 0 Å². The minimum absolute atomic E-state index is 0.0220. The first-order valence-electron chi connectivity index (χ1n) is 5.56. The molecule has 0 aromatic heterocycles. The van der Waals surface area contributed by atoms with Crippen LogP contribution in [0.2, 0.25) is 0 Å². The number of rotatable bonds is 5. The average Bonchev–Trinajstić information content (AvgIpc) is 2.54. The zero-order valence-electron chi connectivity index (χ0n) is 9.68. The van der Waals surface area contributed by atoms with Crippen molar-refractivity contribution in [2.24, 2.45) is 0 Å². The minimum Gasteiger partial charge on any atom is -0.376 e. The molecule has 1 nitrogen and oxygen atoms in total. The maximum Gasteiger partial charge on any atom is 0.0598 e. The largest absolute Gasteiger partial charge is 0.376 e. The average molecular weight is 194 g/mol. The number of unbranched alkanes of at least 4 members (excludes halogenated alkanes) is 1. The quantitative estimate of drug-likeness (QED) is 0.604. The van der Waals surface area contributed by atoms with Crippen LogP contribution in [0.5, 0.6) is 0 Å². The number of allylic oxidation sites excluding steroid dienone is 4. The summed E-state index contributed by atoms with van der Waals surface area (Å²) in [6.45, 7) is 7.22. The third-order valence-electron chi connectivity index (χ3n) is 2.28. The summed E-state index contributed by atoms with van der Waals surface area (Å²) in [6, 6.07) is 0. The van der Waals surface area contributed by atoms with E-state index < -0.39 is 0 Å². The summed E-state index contributed by atoms with van der Waals surface area (Å²) in [5, 5.41) is 0. The summed E-state index contributed by atoms with van der Waals surface area (Å²) in [5.74, 6) is 0. The van der Waals surface area contributed by atoms with Crippen molar-refractivity contribution in [1.82, 2.24) is 0 Å². The molecule has 1 aliphatic carbocycles. The third kappa shape index (κ3) is 5.23. The van der Waals surface area contributed by atoms with Crippen LogP contribution in [0.3, 0.4) is 0 Å². The SMILES string of the molecule is CC(C)(C)OCCCCC1=CC=CC1. The van der Waals surface area contributed by atoms with Gasteiger partial charge in [0.15, 0.2) is 0 Å². The highest BCUT2D eigenvalue weighted by atomic mass is 16.5. The van der Waals surface area contributed by atoms with Gasteiger partial charge in [-0.3, -0.25) is 0 Å². The van der Waals surface area contributed by atoms with Crippen molar-refractivity contribution < 1.29 is 4.74 Å². The zero-order chi connectivity index (χ0) is 10.4. The van der Waals surface area contributed by atoms with Gasteiger partial charge in [-0.25, -0.2) is 0 Å². The minimum atomic E-state index is 0.0220. The van der Waals surface area contributed by atoms with Crippen LogP contribution in [0.1, 0.15) is 46.5 Å². The first-order valence-corrected chi connectivity index (χ1v) is 5.56. The molecular weight excluding hydrogens is 172 g/mol. The first-order chi connectivity index (χ1) is 6.58. The maximum atomic E-state index is 5.66. The van der Waals surface area contributed by atoms with E-state index in [-0.39, 0.29) is 5.60 Å². The Bertz CT molecular complexity index is 218. The first kappa shape index (κ1) is 11.5. The smallest absolute Gasteiger partial charge is 0.0598 e. The van der Waals surface area contributed by atoms with E-state index in [4.69, 9.17) is 4.74 Å². The van der Waals surface area contributed by atoms with E-state index in [1.165, 1.54) is 25.7 Å². The molecule has 1 rings (SSSR count). The van der Waals surface area contributed by atoms with Gasteiger partial charge in [0.2, 0.25) is 0 Å². The Labute approximate surface area is 87.8 Å². The molecular formula is C13H22O. The van der Waals surface area contributed by atoms with Crippen LogP contribution >= 0.6 is 0 Å². The molecule has 80 valence electrons. The van der Waals surface area contributed by atoms with Gasteiger partial charge in [0.05, 0.1) is 5.60 Å². The number of ether oxygens (including phenoxy) is 1. The second-order valence-electron chi connectivity index (χ2n) is 4.88. The molecule has 0 spiro atoms. The monoisotopic (exact) mass is 194 g/mol. The molecule has 0 bridgehead atoms. The van der Waals surface area contributed by atoms with E-state index in [2.05, 4.69) is 39.0 Å². The van der Waals surface area contributed by atoms with Gasteiger partial charge in [-0.2, -0.15) is 0 Å². The lowest BCUT2D eigenvalue weighted by Crippen LogP contribution is -2.19. The molecule has 0 N–H and O–H groups in total. The van der Waals surface area contributed by atoms with Gasteiger partial charge in [0.1, 0.15) is 0 Å². The second-order valence-corrected chi connectivity index (χ2v) is 4.88. The van der Waals surface area contributed by atoms with Crippen LogP contribution in [-0.4, -0.2) is 12.2 Å². The Morgan fingerprint density at radius 3 is 2.64 bits per heavy atom. The molecule has 14 heavy (non-hydrogen) atoms. The van der Waals surface area contributed by atoms with E-state index in [0.717, 1.165) is 6.61 Å². The Balaban J connectivity index is 1.95. The standard InChI is InChI=1S/C13H22O/c1-13(2,3)14-11-7-6-10-12-8-4-5-9-12/h4-5,8H,6-7,9-11H2,1-3H3. The van der Waals surface area contributed by atoms with Crippen molar-refractivity contribution in [3.8, 4) is 0 Å². The molecule has 0 saturated heterocycles. The zero-order valence-corrected chi connectivity index (χ0v) is 9.68. The summed E-state index contributed by atoms with van der Waals surface area (Å²) in [4.78, 5) is 0. The molecule has 0 heterocycles. The van der Waals surface area contributed by atoms with Crippen molar-refractivity contribution in [2.75, 3.05) is 6.61 Å². The fourth-order valence-corrected chi connectivity index (χ4v) is 1.51. The van der Waals surface area contributed by atoms with Gasteiger partial charge in [-0.15, -0.1) is 0 Å². The van der Waals surface area contributed by atoms with Crippen molar-refractivity contribution in [3.63, 3.8) is 0 Å². The van der Waals surface area contributed by atoms with Crippen molar-refractivity contribution in [3.05, 3.63) is 23.8 Å². The molecule has 0 saturated carbocycles. The van der Waals surface area contributed by atoms with Crippen molar-refractivity contribution in [2.45, 2.75) is 52.1 Å². The Hall–Kier alpha value is -0.560. The fraction of sp³-hybridized carbons (Fsp3) is 0.692. The van der Waals surface area contributed by atoms with Crippen molar-refractivity contribution >= 4 is 0 Å². The summed E-state index contributed by atoms with van der Waals surface area (Å²) >= 11 is 0. The Kier molecular flexibility index (Phi) is 4.40. The molecule has 0 aromatic rings. The Morgan fingerprint density at radius 2 is 2.07 bits per heavy atom. The van der Waals surface area contributed by atoms with Crippen molar-refractivity contribution in [1.29, 1.82) is 0 Å². The van der Waals surface area contributed by atoms with Crippen LogP contribution in [0.15, 0.2) is 23.8 Å². The molecule has 0 radical (unpaired) electrons. The highest BCUT2D eigenvalue weighted by Crippen LogP contribution is 2.17. The van der Waals surface area contributed by atoms with E-state index in [1.54, 1.807) is 5.57 Å². The lowest BCUT2D eigenvalue weighted by atomic mass is 10.1. The van der Waals surface area contributed by atoms with E-state index in [1.807, 2.05) is 0 Å². The highest BCUT2D eigenvalue weighted by Gasteiger charge is 2.08. The number of hydrogen-bond donors (Lipinski definition) is 0. The molecule has 0 amide bonds. The lowest BCUT2D eigenvalue weighted by Gasteiger charge is -2.19. The predicted octanol–water partition coefficient (Wildman–Crippen LogP) is 3.86. The van der Waals surface area contributed by atoms with Crippen LogP contribution in [0.25, 0.3) is 0 Å². The maximum absolute atomic E-state index is 5.66. The molecule has 0 fully saturated rings. The van der Waals surface area contributed by atoms with Gasteiger partial charge >= 0.3 is 0 Å². The predicted molar refractivity (Wildman–Crippen MR) is 61.4 cm³/mol. The topological polar surface area (TPSA) is 9.23 Å². The summed E-state index contributed by atoms with van der Waals surface area (Å²) in [5.41, 5.74) is 1.59.